The lowest BCUT2D eigenvalue weighted by Crippen LogP contribution is -2.41. The lowest BCUT2D eigenvalue weighted by molar-refractivity contribution is -0.122. The minimum atomic E-state index is -0.554. The molecular weight excluding hydrogens is 172 g/mol. The number of carbonyl (C=O) groups excluding carboxylic acids is 1. The standard InChI is InChI=1S/C4H9BrN2O/c1-4(2,5)3(8)7-6/h6H2,1-2H3,(H,7,8). The van der Waals surface area contributed by atoms with Gasteiger partial charge in [-0.1, -0.05) is 15.9 Å². The molecule has 0 fully saturated rings. The number of hydrogen-bond acceptors (Lipinski definition) is 2. The average molecular weight is 181 g/mol. The molecule has 3 nitrogen and oxygen atoms in total. The minimum Gasteiger partial charge on any atom is -0.293 e. The molecule has 0 aromatic heterocycles. The van der Waals surface area contributed by atoms with Crippen LogP contribution in [-0.4, -0.2) is 10.2 Å². The Labute approximate surface area is 56.7 Å². The highest BCUT2D eigenvalue weighted by Gasteiger charge is 2.21. The number of nitrogens with one attached hydrogen (secondary N) is 1. The van der Waals surface area contributed by atoms with E-state index in [1.807, 2.05) is 5.43 Å². The van der Waals surface area contributed by atoms with E-state index in [2.05, 4.69) is 15.9 Å². The molecule has 0 spiro atoms. The van der Waals surface area contributed by atoms with Gasteiger partial charge in [0.05, 0.1) is 4.32 Å². The summed E-state index contributed by atoms with van der Waals surface area (Å²) in [6, 6.07) is 0. The van der Waals surface area contributed by atoms with Gasteiger partial charge in [0.1, 0.15) is 0 Å². The first-order valence-electron chi connectivity index (χ1n) is 2.18. The van der Waals surface area contributed by atoms with E-state index in [4.69, 9.17) is 5.84 Å². The van der Waals surface area contributed by atoms with E-state index < -0.39 is 4.32 Å². The van der Waals surface area contributed by atoms with E-state index in [0.717, 1.165) is 0 Å². The summed E-state index contributed by atoms with van der Waals surface area (Å²) in [5.74, 6) is 4.60. The fourth-order valence-electron chi connectivity index (χ4n) is 0.172. The normalized spacial score (nSPS) is 11.0. The molecule has 0 aliphatic heterocycles. The van der Waals surface area contributed by atoms with Crippen molar-refractivity contribution in [2.24, 2.45) is 5.84 Å². The van der Waals surface area contributed by atoms with Crippen molar-refractivity contribution in [3.05, 3.63) is 0 Å². The third kappa shape index (κ3) is 2.28. The van der Waals surface area contributed by atoms with E-state index in [9.17, 15) is 4.79 Å². The van der Waals surface area contributed by atoms with Crippen molar-refractivity contribution in [1.29, 1.82) is 0 Å². The highest BCUT2D eigenvalue weighted by molar-refractivity contribution is 9.10. The molecule has 48 valence electrons. The van der Waals surface area contributed by atoms with Gasteiger partial charge in [0.25, 0.3) is 0 Å². The molecule has 0 aromatic carbocycles. The Hall–Kier alpha value is -0.0900. The summed E-state index contributed by atoms with van der Waals surface area (Å²) in [6.07, 6.45) is 0. The van der Waals surface area contributed by atoms with Crippen LogP contribution < -0.4 is 11.3 Å². The molecule has 0 heterocycles. The maximum Gasteiger partial charge on any atom is 0.250 e. The fraction of sp³-hybridized carbons (Fsp3) is 0.750. The van der Waals surface area contributed by atoms with Gasteiger partial charge in [-0.25, -0.2) is 5.84 Å². The van der Waals surface area contributed by atoms with Gasteiger partial charge < -0.3 is 0 Å². The van der Waals surface area contributed by atoms with Crippen molar-refractivity contribution in [2.45, 2.75) is 18.2 Å². The smallest absolute Gasteiger partial charge is 0.250 e. The number of alkyl halides is 1. The largest absolute Gasteiger partial charge is 0.293 e. The van der Waals surface area contributed by atoms with Crippen LogP contribution in [-0.2, 0) is 4.79 Å². The van der Waals surface area contributed by atoms with Crippen LogP contribution in [0.5, 0.6) is 0 Å². The highest BCUT2D eigenvalue weighted by Crippen LogP contribution is 2.14. The predicted octanol–water partition coefficient (Wildman–Crippen LogP) is 0.150. The van der Waals surface area contributed by atoms with E-state index in [-0.39, 0.29) is 5.91 Å². The topological polar surface area (TPSA) is 55.1 Å². The number of hydrogen-bond donors (Lipinski definition) is 2. The Balaban J connectivity index is 3.82. The first-order valence-corrected chi connectivity index (χ1v) is 2.97. The van der Waals surface area contributed by atoms with Crippen LogP contribution in [0.25, 0.3) is 0 Å². The van der Waals surface area contributed by atoms with Crippen LogP contribution in [0.2, 0.25) is 0 Å². The van der Waals surface area contributed by atoms with E-state index in [1.54, 1.807) is 13.8 Å². The molecule has 3 N–H and O–H groups in total. The van der Waals surface area contributed by atoms with E-state index >= 15 is 0 Å². The fourth-order valence-corrected chi connectivity index (χ4v) is 0.286. The molecule has 0 saturated heterocycles. The second-order valence-electron chi connectivity index (χ2n) is 1.95. The van der Waals surface area contributed by atoms with Gasteiger partial charge >= 0.3 is 0 Å². The summed E-state index contributed by atoms with van der Waals surface area (Å²) in [5, 5.41) is 0. The number of hydrazine groups is 1. The Kier molecular flexibility index (Phi) is 2.43. The monoisotopic (exact) mass is 180 g/mol. The molecule has 0 radical (unpaired) electrons. The van der Waals surface area contributed by atoms with E-state index in [0.29, 0.717) is 0 Å². The summed E-state index contributed by atoms with van der Waals surface area (Å²) >= 11 is 3.11. The third-order valence-corrected chi connectivity index (χ3v) is 1.03. The minimum absolute atomic E-state index is 0.225. The first kappa shape index (κ1) is 7.91. The summed E-state index contributed by atoms with van der Waals surface area (Å²) in [7, 11) is 0. The highest BCUT2D eigenvalue weighted by atomic mass is 79.9. The molecule has 0 bridgehead atoms. The Morgan fingerprint density at radius 1 is 1.75 bits per heavy atom. The zero-order valence-corrected chi connectivity index (χ0v) is 6.45. The van der Waals surface area contributed by atoms with Crippen molar-refractivity contribution < 1.29 is 4.79 Å². The number of nitrogens with two attached hydrogens (primary N) is 1. The maximum atomic E-state index is 10.6. The van der Waals surface area contributed by atoms with Crippen molar-refractivity contribution in [3.63, 3.8) is 0 Å². The van der Waals surface area contributed by atoms with Crippen LogP contribution in [0.1, 0.15) is 13.8 Å². The van der Waals surface area contributed by atoms with Crippen LogP contribution in [0, 0.1) is 0 Å². The Bertz CT molecular complexity index is 96.7. The van der Waals surface area contributed by atoms with Gasteiger partial charge in [0.2, 0.25) is 5.91 Å². The van der Waals surface area contributed by atoms with Crippen LogP contribution in [0.15, 0.2) is 0 Å². The van der Waals surface area contributed by atoms with Crippen LogP contribution >= 0.6 is 15.9 Å². The molecule has 0 aromatic rings. The van der Waals surface area contributed by atoms with Crippen molar-refractivity contribution in [1.82, 2.24) is 5.43 Å². The molecule has 0 unspecified atom stereocenters. The molecule has 1 amide bonds. The van der Waals surface area contributed by atoms with Gasteiger partial charge in [-0.05, 0) is 13.8 Å². The van der Waals surface area contributed by atoms with Gasteiger partial charge in [-0.2, -0.15) is 0 Å². The maximum absolute atomic E-state index is 10.6. The Morgan fingerprint density at radius 3 is 2.12 bits per heavy atom. The van der Waals surface area contributed by atoms with Crippen LogP contribution in [0.3, 0.4) is 0 Å². The van der Waals surface area contributed by atoms with Gasteiger partial charge in [-0.15, -0.1) is 0 Å². The van der Waals surface area contributed by atoms with Gasteiger partial charge in [0, 0.05) is 0 Å². The predicted molar refractivity (Wildman–Crippen MR) is 35.3 cm³/mol. The summed E-state index contributed by atoms with van der Waals surface area (Å²) in [4.78, 5) is 10.6. The SMILES string of the molecule is CC(C)(Br)C(=O)NN. The van der Waals surface area contributed by atoms with Gasteiger partial charge in [-0.3, -0.25) is 10.2 Å². The third-order valence-electron chi connectivity index (χ3n) is 0.671. The first-order chi connectivity index (χ1) is 3.48. The second-order valence-corrected chi connectivity index (χ2v) is 3.93. The zero-order valence-electron chi connectivity index (χ0n) is 4.86. The average Bonchev–Trinajstić information content (AvgIpc) is 1.62. The molecule has 0 aliphatic rings. The van der Waals surface area contributed by atoms with Crippen molar-refractivity contribution in [3.8, 4) is 0 Å². The molecular formula is C4H9BrN2O. The van der Waals surface area contributed by atoms with Crippen molar-refractivity contribution in [2.75, 3.05) is 0 Å². The number of carbonyl (C=O) groups is 1. The quantitative estimate of drug-likeness (QED) is 0.262. The molecule has 4 heteroatoms. The summed E-state index contributed by atoms with van der Waals surface area (Å²) in [6.45, 7) is 3.43. The number of halogens is 1. The zero-order chi connectivity index (χ0) is 6.78. The van der Waals surface area contributed by atoms with Gasteiger partial charge in [0.15, 0.2) is 0 Å². The molecule has 8 heavy (non-hydrogen) atoms. The Morgan fingerprint density at radius 2 is 2.12 bits per heavy atom. The number of amides is 1. The molecule has 0 atom stereocenters. The molecule has 0 saturated carbocycles. The molecule has 0 rings (SSSR count). The summed E-state index contributed by atoms with van der Waals surface area (Å²) in [5.41, 5.74) is 2.02. The number of rotatable bonds is 1. The second kappa shape index (κ2) is 2.46. The van der Waals surface area contributed by atoms with Crippen molar-refractivity contribution >= 4 is 21.8 Å². The lowest BCUT2D eigenvalue weighted by Gasteiger charge is -2.11. The van der Waals surface area contributed by atoms with Crippen LogP contribution in [0.4, 0.5) is 0 Å². The summed E-state index contributed by atoms with van der Waals surface area (Å²) < 4.78 is -0.554. The van der Waals surface area contributed by atoms with E-state index in [1.165, 1.54) is 0 Å². The molecule has 0 aliphatic carbocycles. The lowest BCUT2D eigenvalue weighted by atomic mass is 10.2.